The summed E-state index contributed by atoms with van der Waals surface area (Å²) in [5.41, 5.74) is 0.410. The predicted octanol–water partition coefficient (Wildman–Crippen LogP) is 1.92. The molecule has 2 atom stereocenters. The molecule has 2 unspecified atom stereocenters. The maximum atomic E-state index is 11.3. The Balaban J connectivity index is 2.84. The van der Waals surface area contributed by atoms with Crippen molar-refractivity contribution in [3.63, 3.8) is 0 Å². The molecule has 6 heteroatoms. The number of nitrogens with one attached hydrogen (secondary N) is 1. The number of carbonyl (C=O) groups is 1. The number of hydrogen-bond acceptors (Lipinski definition) is 4. The van der Waals surface area contributed by atoms with Crippen LogP contribution in [-0.2, 0) is 20.6 Å². The van der Waals surface area contributed by atoms with Crippen molar-refractivity contribution < 1.29 is 18.3 Å². The molecule has 0 bridgehead atoms. The fourth-order valence-electron chi connectivity index (χ4n) is 1.53. The predicted molar refractivity (Wildman–Crippen MR) is 68.9 cm³/mol. The number of ether oxygens (including phenoxy) is 1. The van der Waals surface area contributed by atoms with Crippen molar-refractivity contribution in [3.05, 3.63) is 35.9 Å². The summed E-state index contributed by atoms with van der Waals surface area (Å²) in [5.74, 6) is -0.561. The molecular weight excluding hydrogens is 254 g/mol. The zero-order chi connectivity index (χ0) is 13.5. The van der Waals surface area contributed by atoms with E-state index in [4.69, 9.17) is 10.1 Å². The Morgan fingerprint density at radius 2 is 2.06 bits per heavy atom. The van der Waals surface area contributed by atoms with Gasteiger partial charge < -0.3 is 14.7 Å². The van der Waals surface area contributed by atoms with Gasteiger partial charge in [-0.15, -0.1) is 0 Å². The average Bonchev–Trinajstić information content (AvgIpc) is 2.30. The van der Waals surface area contributed by atoms with Gasteiger partial charge >= 0.3 is 5.97 Å². The standard InChI is InChI=1S/C12H15NO4S/c1-2-17-11(14)8-10(13)12(18(15)16)9-6-4-3-5-7-9/h3-7,12-13H,2,8H2,1H3,(H,15,16). The Bertz CT molecular complexity index is 447. The second-order valence-electron chi connectivity index (χ2n) is 3.57. The van der Waals surface area contributed by atoms with E-state index in [1.54, 1.807) is 37.3 Å². The van der Waals surface area contributed by atoms with Crippen LogP contribution in [0.2, 0.25) is 0 Å². The van der Waals surface area contributed by atoms with Crippen LogP contribution < -0.4 is 0 Å². The molecule has 1 aromatic rings. The number of carbonyl (C=O) groups excluding carboxylic acids is 1. The number of esters is 1. The molecule has 0 saturated carbocycles. The monoisotopic (exact) mass is 269 g/mol. The topological polar surface area (TPSA) is 87.5 Å². The van der Waals surface area contributed by atoms with E-state index in [0.717, 1.165) is 0 Å². The summed E-state index contributed by atoms with van der Waals surface area (Å²) in [6, 6.07) is 8.51. The molecule has 0 radical (unpaired) electrons. The highest BCUT2D eigenvalue weighted by Crippen LogP contribution is 2.21. The first-order valence-corrected chi connectivity index (χ1v) is 6.60. The van der Waals surface area contributed by atoms with Crippen molar-refractivity contribution in [1.82, 2.24) is 0 Å². The Hall–Kier alpha value is -1.53. The SMILES string of the molecule is CCOC(=O)CC(=N)C(c1ccccc1)S(=O)O. The molecule has 0 aliphatic heterocycles. The van der Waals surface area contributed by atoms with Gasteiger partial charge in [0.15, 0.2) is 11.1 Å². The Kier molecular flexibility index (Phi) is 5.67. The smallest absolute Gasteiger partial charge is 0.311 e. The van der Waals surface area contributed by atoms with Crippen molar-refractivity contribution in [3.8, 4) is 0 Å². The number of rotatable bonds is 6. The third-order valence-corrected chi connectivity index (χ3v) is 3.22. The largest absolute Gasteiger partial charge is 0.466 e. The summed E-state index contributed by atoms with van der Waals surface area (Å²) in [6.07, 6.45) is -0.278. The lowest BCUT2D eigenvalue weighted by atomic mass is 10.1. The van der Waals surface area contributed by atoms with Crippen molar-refractivity contribution in [2.24, 2.45) is 0 Å². The summed E-state index contributed by atoms with van der Waals surface area (Å²) < 4.78 is 25.3. The minimum Gasteiger partial charge on any atom is -0.466 e. The third-order valence-electron chi connectivity index (χ3n) is 2.26. The molecule has 0 fully saturated rings. The zero-order valence-corrected chi connectivity index (χ0v) is 10.8. The maximum absolute atomic E-state index is 11.3. The molecule has 1 rings (SSSR count). The van der Waals surface area contributed by atoms with Crippen LogP contribution in [0.25, 0.3) is 0 Å². The number of hydrogen-bond donors (Lipinski definition) is 2. The van der Waals surface area contributed by atoms with Crippen LogP contribution in [0.3, 0.4) is 0 Å². The normalized spacial score (nSPS) is 13.7. The van der Waals surface area contributed by atoms with E-state index in [2.05, 4.69) is 0 Å². The summed E-state index contributed by atoms with van der Waals surface area (Å²) in [4.78, 5) is 11.3. The van der Waals surface area contributed by atoms with Gasteiger partial charge in [0, 0.05) is 5.71 Å². The van der Waals surface area contributed by atoms with Crippen molar-refractivity contribution in [1.29, 1.82) is 5.41 Å². The first-order chi connectivity index (χ1) is 8.56. The molecule has 0 amide bonds. The molecule has 5 nitrogen and oxygen atoms in total. The molecule has 18 heavy (non-hydrogen) atoms. The first kappa shape index (κ1) is 14.5. The van der Waals surface area contributed by atoms with Gasteiger partial charge in [0.25, 0.3) is 0 Å². The van der Waals surface area contributed by atoms with Crippen LogP contribution in [0, 0.1) is 5.41 Å². The second-order valence-corrected chi connectivity index (χ2v) is 4.60. The Morgan fingerprint density at radius 3 is 2.56 bits per heavy atom. The van der Waals surface area contributed by atoms with E-state index in [0.29, 0.717) is 5.56 Å². The van der Waals surface area contributed by atoms with E-state index in [9.17, 15) is 13.6 Å². The Morgan fingerprint density at radius 1 is 1.44 bits per heavy atom. The summed E-state index contributed by atoms with van der Waals surface area (Å²) in [6.45, 7) is 1.89. The van der Waals surface area contributed by atoms with Gasteiger partial charge in [0.1, 0.15) is 5.25 Å². The maximum Gasteiger partial charge on any atom is 0.311 e. The van der Waals surface area contributed by atoms with Crippen LogP contribution in [-0.4, -0.2) is 27.0 Å². The van der Waals surface area contributed by atoms with Gasteiger partial charge in [-0.05, 0) is 12.5 Å². The molecule has 98 valence electrons. The minimum absolute atomic E-state index is 0.125. The summed E-state index contributed by atoms with van der Waals surface area (Å²) in [5, 5.41) is 6.78. The lowest BCUT2D eigenvalue weighted by Gasteiger charge is -2.14. The van der Waals surface area contributed by atoms with Crippen LogP contribution in [0.15, 0.2) is 30.3 Å². The lowest BCUT2D eigenvalue weighted by Crippen LogP contribution is -2.20. The van der Waals surface area contributed by atoms with E-state index in [1.807, 2.05) is 0 Å². The average molecular weight is 269 g/mol. The second kappa shape index (κ2) is 7.03. The lowest BCUT2D eigenvalue weighted by molar-refractivity contribution is -0.141. The highest BCUT2D eigenvalue weighted by molar-refractivity contribution is 7.80. The minimum atomic E-state index is -2.24. The highest BCUT2D eigenvalue weighted by atomic mass is 32.2. The van der Waals surface area contributed by atoms with Crippen LogP contribution in [0.5, 0.6) is 0 Å². The van der Waals surface area contributed by atoms with E-state index in [-0.39, 0.29) is 18.7 Å². The van der Waals surface area contributed by atoms with Gasteiger partial charge in [-0.1, -0.05) is 30.3 Å². The molecule has 0 spiro atoms. The van der Waals surface area contributed by atoms with E-state index < -0.39 is 22.3 Å². The summed E-state index contributed by atoms with van der Waals surface area (Å²) >= 11 is -2.24. The third kappa shape index (κ3) is 4.05. The molecule has 0 saturated heterocycles. The van der Waals surface area contributed by atoms with Crippen LogP contribution in [0.1, 0.15) is 24.2 Å². The fourth-order valence-corrected chi connectivity index (χ4v) is 2.24. The molecule has 1 aromatic carbocycles. The van der Waals surface area contributed by atoms with Gasteiger partial charge in [-0.3, -0.25) is 4.79 Å². The van der Waals surface area contributed by atoms with Crippen LogP contribution in [0.4, 0.5) is 0 Å². The van der Waals surface area contributed by atoms with E-state index in [1.165, 1.54) is 0 Å². The molecule has 2 N–H and O–H groups in total. The van der Waals surface area contributed by atoms with Gasteiger partial charge in [-0.2, -0.15) is 0 Å². The summed E-state index contributed by atoms with van der Waals surface area (Å²) in [7, 11) is 0. The quantitative estimate of drug-likeness (QED) is 0.469. The highest BCUT2D eigenvalue weighted by Gasteiger charge is 2.24. The molecular formula is C12H15NO4S. The van der Waals surface area contributed by atoms with Crippen molar-refractivity contribution >= 4 is 22.8 Å². The molecule has 0 heterocycles. The zero-order valence-electron chi connectivity index (χ0n) is 9.96. The van der Waals surface area contributed by atoms with Crippen molar-refractivity contribution in [2.45, 2.75) is 18.6 Å². The molecule has 0 aromatic heterocycles. The first-order valence-electron chi connectivity index (χ1n) is 5.43. The van der Waals surface area contributed by atoms with Gasteiger partial charge in [0.05, 0.1) is 13.0 Å². The van der Waals surface area contributed by atoms with E-state index >= 15 is 0 Å². The van der Waals surface area contributed by atoms with Crippen molar-refractivity contribution in [2.75, 3.05) is 6.61 Å². The van der Waals surface area contributed by atoms with Crippen LogP contribution >= 0.6 is 0 Å². The van der Waals surface area contributed by atoms with Gasteiger partial charge in [0.2, 0.25) is 0 Å². The Labute approximate surface area is 108 Å². The number of benzene rings is 1. The molecule has 0 aliphatic carbocycles. The molecule has 0 aliphatic rings. The fraction of sp³-hybridized carbons (Fsp3) is 0.333. The van der Waals surface area contributed by atoms with Gasteiger partial charge in [-0.25, -0.2) is 4.21 Å².